The molecule has 0 radical (unpaired) electrons. The Morgan fingerprint density at radius 3 is 2.00 bits per heavy atom. The second-order valence-corrected chi connectivity index (χ2v) is 3.79. The van der Waals surface area contributed by atoms with E-state index in [9.17, 15) is 0 Å². The molecule has 0 aromatic heterocycles. The van der Waals surface area contributed by atoms with Gasteiger partial charge in [0.25, 0.3) is 0 Å². The zero-order chi connectivity index (χ0) is 5.98. The van der Waals surface area contributed by atoms with Crippen LogP contribution in [0.3, 0.4) is 0 Å². The minimum atomic E-state index is 1.09. The predicted octanol–water partition coefficient (Wildman–Crippen LogP) is 0.799. The van der Waals surface area contributed by atoms with Gasteiger partial charge in [0.1, 0.15) is 0 Å². The first-order valence-corrected chi connectivity index (χ1v) is 4.00. The van der Waals surface area contributed by atoms with E-state index in [0.29, 0.717) is 0 Å². The molecule has 0 atom stereocenters. The zero-order valence-corrected chi connectivity index (χ0v) is 7.60. The van der Waals surface area contributed by atoms with Crippen molar-refractivity contribution in [1.29, 1.82) is 0 Å². The van der Waals surface area contributed by atoms with E-state index in [-0.39, 0.29) is 0 Å². The number of rotatable bonds is 0. The van der Waals surface area contributed by atoms with E-state index in [1.807, 2.05) is 0 Å². The summed E-state index contributed by atoms with van der Waals surface area (Å²) in [6.07, 6.45) is 0. The molecule has 0 unspecified atom stereocenters. The Hall–Kier alpha value is 1.00. The van der Waals surface area contributed by atoms with Crippen molar-refractivity contribution < 1.29 is 0 Å². The van der Waals surface area contributed by atoms with Gasteiger partial charge in [-0.1, -0.05) is 12.8 Å². The Morgan fingerprint density at radius 2 is 1.62 bits per heavy atom. The summed E-state index contributed by atoms with van der Waals surface area (Å²) in [5.74, 6) is 0. The lowest BCUT2D eigenvalue weighted by molar-refractivity contribution is 0.329. The van der Waals surface area contributed by atoms with Gasteiger partial charge in [0.2, 0.25) is 0 Å². The zero-order valence-electron chi connectivity index (χ0n) is 4.55. The first-order chi connectivity index (χ1) is 3.79. The number of halogens is 1. The van der Waals surface area contributed by atoms with Gasteiger partial charge >= 0.3 is 0 Å². The fraction of sp³-hybridized carbons (Fsp3) is 1.00. The smallest absolute Gasteiger partial charge is 0.0224 e. The molecule has 1 fully saturated rings. The Labute approximate surface area is 69.3 Å². The molecule has 1 saturated heterocycles. The molecule has 0 N–H and O–H groups in total. The van der Waals surface area contributed by atoms with E-state index < -0.39 is 0 Å². The van der Waals surface area contributed by atoms with E-state index in [0.717, 1.165) is 26.2 Å². The first-order valence-electron chi connectivity index (χ1n) is 2.63. The summed E-state index contributed by atoms with van der Waals surface area (Å²) >= 11 is 6.54. The Morgan fingerprint density at radius 1 is 1.12 bits per heavy atom. The highest BCUT2D eigenvalue weighted by Gasteiger charge is 2.10. The van der Waals surface area contributed by atoms with Crippen LogP contribution in [0.25, 0.3) is 0 Å². The lowest BCUT2D eigenvalue weighted by Gasteiger charge is -2.26. The van der Waals surface area contributed by atoms with Gasteiger partial charge < -0.3 is 0 Å². The van der Waals surface area contributed by atoms with Crippen LogP contribution in [0.2, 0.25) is 0 Å². The average molecular weight is 244 g/mol. The molecule has 0 bridgehead atoms. The molecular formula is C4H9IN2S. The number of hydrogen-bond donors (Lipinski definition) is 1. The normalized spacial score (nSPS) is 26.2. The first kappa shape index (κ1) is 7.11. The fourth-order valence-electron chi connectivity index (χ4n) is 0.671. The molecule has 48 valence electrons. The molecule has 2 nitrogen and oxygen atoms in total. The molecule has 0 aromatic rings. The van der Waals surface area contributed by atoms with E-state index in [1.54, 1.807) is 0 Å². The third-order valence-corrected chi connectivity index (χ3v) is 2.57. The third kappa shape index (κ3) is 2.08. The van der Waals surface area contributed by atoms with Gasteiger partial charge in [0, 0.05) is 49.0 Å². The van der Waals surface area contributed by atoms with Crippen LogP contribution < -0.4 is 0 Å². The highest BCUT2D eigenvalue weighted by molar-refractivity contribution is 14.1. The van der Waals surface area contributed by atoms with E-state index in [2.05, 4.69) is 43.1 Å². The molecule has 0 aliphatic carbocycles. The van der Waals surface area contributed by atoms with E-state index in [4.69, 9.17) is 0 Å². The van der Waals surface area contributed by atoms with Crippen molar-refractivity contribution in [2.75, 3.05) is 26.2 Å². The van der Waals surface area contributed by atoms with Crippen LogP contribution in [-0.2, 0) is 0 Å². The Kier molecular flexibility index (Phi) is 2.88. The Balaban J connectivity index is 2.19. The van der Waals surface area contributed by atoms with Crippen LogP contribution in [0.5, 0.6) is 0 Å². The number of nitrogens with zero attached hydrogens (tertiary/aromatic N) is 2. The molecule has 8 heavy (non-hydrogen) atoms. The molecule has 1 rings (SSSR count). The Bertz CT molecular complexity index is 62.4. The molecule has 0 amide bonds. The van der Waals surface area contributed by atoms with Crippen molar-refractivity contribution in [3.05, 3.63) is 0 Å². The van der Waals surface area contributed by atoms with E-state index in [1.165, 1.54) is 0 Å². The van der Waals surface area contributed by atoms with Crippen LogP contribution in [0.4, 0.5) is 0 Å². The van der Waals surface area contributed by atoms with Crippen molar-refractivity contribution in [3.63, 3.8) is 0 Å². The molecule has 4 heteroatoms. The van der Waals surface area contributed by atoms with Crippen molar-refractivity contribution in [2.45, 2.75) is 0 Å². The van der Waals surface area contributed by atoms with Gasteiger partial charge in [0.15, 0.2) is 0 Å². The van der Waals surface area contributed by atoms with Crippen LogP contribution >= 0.6 is 35.7 Å². The molecule has 1 aliphatic rings. The maximum atomic E-state index is 4.21. The number of hydrogen-bond acceptors (Lipinski definition) is 3. The standard InChI is InChI=1S/C4H9IN2S/c5-6-1-3-7(8)4-2-6/h8H,1-4H2. The summed E-state index contributed by atoms with van der Waals surface area (Å²) in [6.45, 7) is 4.46. The summed E-state index contributed by atoms with van der Waals surface area (Å²) in [5.41, 5.74) is 0. The third-order valence-electron chi connectivity index (χ3n) is 1.20. The molecular weight excluding hydrogens is 235 g/mol. The van der Waals surface area contributed by atoms with E-state index >= 15 is 0 Å². The molecule has 0 saturated carbocycles. The maximum absolute atomic E-state index is 4.21. The highest BCUT2D eigenvalue weighted by atomic mass is 127. The van der Waals surface area contributed by atoms with Crippen molar-refractivity contribution >= 4 is 35.7 Å². The second-order valence-electron chi connectivity index (χ2n) is 1.86. The maximum Gasteiger partial charge on any atom is 0.0224 e. The van der Waals surface area contributed by atoms with Crippen LogP contribution in [0, 0.1) is 0 Å². The van der Waals surface area contributed by atoms with Gasteiger partial charge in [-0.25, -0.2) is 3.11 Å². The largest absolute Gasteiger partial charge is 0.251 e. The lowest BCUT2D eigenvalue weighted by Crippen LogP contribution is -2.36. The summed E-state index contributed by atoms with van der Waals surface area (Å²) in [7, 11) is 0. The van der Waals surface area contributed by atoms with Gasteiger partial charge in [-0.3, -0.25) is 4.31 Å². The highest BCUT2D eigenvalue weighted by Crippen LogP contribution is 2.06. The average Bonchev–Trinajstić information content (AvgIpc) is 1.77. The van der Waals surface area contributed by atoms with Crippen LogP contribution in [0.1, 0.15) is 0 Å². The SMILES string of the molecule is SN1CCN(I)CC1. The van der Waals surface area contributed by atoms with Crippen LogP contribution in [0.15, 0.2) is 0 Å². The quantitative estimate of drug-likeness (QED) is 0.382. The van der Waals surface area contributed by atoms with Crippen molar-refractivity contribution in [3.8, 4) is 0 Å². The van der Waals surface area contributed by atoms with Gasteiger partial charge in [0.05, 0.1) is 0 Å². The van der Waals surface area contributed by atoms with Gasteiger partial charge in [-0.05, 0) is 0 Å². The minimum Gasteiger partial charge on any atom is -0.251 e. The second kappa shape index (κ2) is 3.24. The lowest BCUT2D eigenvalue weighted by atomic mass is 10.4. The topological polar surface area (TPSA) is 6.48 Å². The van der Waals surface area contributed by atoms with Gasteiger partial charge in [-0.15, -0.1) is 0 Å². The monoisotopic (exact) mass is 244 g/mol. The number of thiol groups is 1. The van der Waals surface area contributed by atoms with Crippen LogP contribution in [-0.4, -0.2) is 33.6 Å². The van der Waals surface area contributed by atoms with Gasteiger partial charge in [-0.2, -0.15) is 0 Å². The molecule has 1 heterocycles. The fourth-order valence-corrected chi connectivity index (χ4v) is 1.28. The van der Waals surface area contributed by atoms with Crippen molar-refractivity contribution in [2.24, 2.45) is 0 Å². The minimum absolute atomic E-state index is 1.09. The molecule has 0 aromatic carbocycles. The molecule has 0 spiro atoms. The predicted molar refractivity (Wildman–Crippen MR) is 46.2 cm³/mol. The summed E-state index contributed by atoms with van der Waals surface area (Å²) in [6, 6.07) is 0. The van der Waals surface area contributed by atoms with Crippen molar-refractivity contribution in [1.82, 2.24) is 7.42 Å². The number of piperazine rings is 1. The molecule has 1 aliphatic heterocycles. The summed E-state index contributed by atoms with van der Waals surface area (Å²) < 4.78 is 4.33. The summed E-state index contributed by atoms with van der Waals surface area (Å²) in [5, 5.41) is 0. The summed E-state index contributed by atoms with van der Waals surface area (Å²) in [4.78, 5) is 0.